The van der Waals surface area contributed by atoms with Crippen LogP contribution in [0.3, 0.4) is 0 Å². The van der Waals surface area contributed by atoms with Gasteiger partial charge in [0.1, 0.15) is 18.3 Å². The average molecular weight is 368 g/mol. The van der Waals surface area contributed by atoms with Crippen molar-refractivity contribution in [2.75, 3.05) is 0 Å². The first-order valence-electron chi connectivity index (χ1n) is 7.48. The lowest BCUT2D eigenvalue weighted by atomic mass is 10.1. The number of carbonyl (C=O) groups excluding carboxylic acids is 1. The van der Waals surface area contributed by atoms with Gasteiger partial charge >= 0.3 is 18.2 Å². The summed E-state index contributed by atoms with van der Waals surface area (Å²) in [7, 11) is 0. The first-order valence-corrected chi connectivity index (χ1v) is 7.48. The van der Waals surface area contributed by atoms with Gasteiger partial charge in [0.25, 0.3) is 0 Å². The van der Waals surface area contributed by atoms with Gasteiger partial charge in [-0.05, 0) is 17.2 Å². The molecule has 0 spiro atoms. The lowest BCUT2D eigenvalue weighted by molar-refractivity contribution is -0.141. The molecule has 0 radical (unpaired) electrons. The highest BCUT2D eigenvalue weighted by atomic mass is 19.4. The van der Waals surface area contributed by atoms with Gasteiger partial charge in [0.05, 0.1) is 0 Å². The molecule has 1 heterocycles. The van der Waals surface area contributed by atoms with E-state index in [1.54, 1.807) is 30.3 Å². The SMILES string of the molecule is O=C(N[C@@H](Cc1ccc(C(F)(F)F)nc1)C(=O)O)OCc1ccccc1. The number of carbonyl (C=O) groups is 2. The molecule has 26 heavy (non-hydrogen) atoms. The number of aliphatic carboxylic acids is 1. The molecule has 0 saturated heterocycles. The number of benzene rings is 1. The summed E-state index contributed by atoms with van der Waals surface area (Å²) in [5.74, 6) is -1.35. The molecule has 2 aromatic rings. The van der Waals surface area contributed by atoms with E-state index in [1.807, 2.05) is 0 Å². The van der Waals surface area contributed by atoms with Crippen molar-refractivity contribution < 1.29 is 32.6 Å². The van der Waals surface area contributed by atoms with Crippen molar-refractivity contribution >= 4 is 12.1 Å². The van der Waals surface area contributed by atoms with Gasteiger partial charge in [0, 0.05) is 12.6 Å². The van der Waals surface area contributed by atoms with E-state index in [-0.39, 0.29) is 18.6 Å². The van der Waals surface area contributed by atoms with Crippen LogP contribution in [-0.2, 0) is 28.7 Å². The Morgan fingerprint density at radius 2 is 1.81 bits per heavy atom. The standard InChI is InChI=1S/C17H15F3N2O4/c18-17(19,20)14-7-6-12(9-21-14)8-13(15(23)24)22-16(25)26-10-11-4-2-1-3-5-11/h1-7,9,13H,8,10H2,(H,22,25)(H,23,24)/t13-/m0/s1. The molecule has 0 bridgehead atoms. The smallest absolute Gasteiger partial charge is 0.433 e. The Balaban J connectivity index is 1.93. The molecular weight excluding hydrogens is 353 g/mol. The Morgan fingerprint density at radius 3 is 2.35 bits per heavy atom. The van der Waals surface area contributed by atoms with E-state index in [9.17, 15) is 27.9 Å². The van der Waals surface area contributed by atoms with Crippen LogP contribution in [0.1, 0.15) is 16.8 Å². The largest absolute Gasteiger partial charge is 0.480 e. The Kier molecular flexibility index (Phi) is 6.16. The van der Waals surface area contributed by atoms with Crippen molar-refractivity contribution in [3.05, 3.63) is 65.5 Å². The minimum absolute atomic E-state index is 0.0408. The summed E-state index contributed by atoms with van der Waals surface area (Å²) in [6.07, 6.45) is -4.83. The van der Waals surface area contributed by atoms with Crippen LogP contribution >= 0.6 is 0 Å². The van der Waals surface area contributed by atoms with Crippen molar-refractivity contribution in [1.82, 2.24) is 10.3 Å². The number of halogens is 3. The summed E-state index contributed by atoms with van der Waals surface area (Å²) >= 11 is 0. The number of aromatic nitrogens is 1. The molecule has 0 fully saturated rings. The normalized spacial score (nSPS) is 12.3. The van der Waals surface area contributed by atoms with Crippen LogP contribution in [0.2, 0.25) is 0 Å². The fourth-order valence-electron chi connectivity index (χ4n) is 2.06. The van der Waals surface area contributed by atoms with Crippen molar-refractivity contribution in [3.63, 3.8) is 0 Å². The summed E-state index contributed by atoms with van der Waals surface area (Å²) in [5, 5.41) is 11.4. The molecule has 1 aromatic carbocycles. The molecule has 0 aliphatic rings. The van der Waals surface area contributed by atoms with Crippen LogP contribution in [0.5, 0.6) is 0 Å². The van der Waals surface area contributed by atoms with Crippen molar-refractivity contribution in [2.45, 2.75) is 25.2 Å². The van der Waals surface area contributed by atoms with Gasteiger partial charge < -0.3 is 15.2 Å². The molecule has 6 nitrogen and oxygen atoms in total. The number of nitrogens with zero attached hydrogens (tertiary/aromatic N) is 1. The number of alkyl halides is 3. The molecule has 2 N–H and O–H groups in total. The quantitative estimate of drug-likeness (QED) is 0.818. The van der Waals surface area contributed by atoms with E-state index >= 15 is 0 Å². The van der Waals surface area contributed by atoms with E-state index in [2.05, 4.69) is 10.3 Å². The van der Waals surface area contributed by atoms with Crippen LogP contribution in [0.15, 0.2) is 48.7 Å². The predicted molar refractivity (Wildman–Crippen MR) is 84.1 cm³/mol. The second-order valence-corrected chi connectivity index (χ2v) is 5.35. The van der Waals surface area contributed by atoms with Crippen molar-refractivity contribution in [1.29, 1.82) is 0 Å². The fraction of sp³-hybridized carbons (Fsp3) is 0.235. The number of hydrogen-bond donors (Lipinski definition) is 2. The fourth-order valence-corrected chi connectivity index (χ4v) is 2.06. The van der Waals surface area contributed by atoms with Gasteiger partial charge in [-0.3, -0.25) is 4.98 Å². The average Bonchev–Trinajstić information content (AvgIpc) is 2.60. The minimum Gasteiger partial charge on any atom is -0.480 e. The third kappa shape index (κ3) is 5.76. The van der Waals surface area contributed by atoms with Crippen LogP contribution in [-0.4, -0.2) is 28.2 Å². The zero-order valence-corrected chi connectivity index (χ0v) is 13.4. The van der Waals surface area contributed by atoms with Crippen LogP contribution < -0.4 is 5.32 Å². The highest BCUT2D eigenvalue weighted by molar-refractivity contribution is 5.80. The van der Waals surface area contributed by atoms with Gasteiger partial charge in [0.2, 0.25) is 0 Å². The van der Waals surface area contributed by atoms with Gasteiger partial charge in [-0.25, -0.2) is 9.59 Å². The first kappa shape index (κ1) is 19.2. The van der Waals surface area contributed by atoms with E-state index in [0.29, 0.717) is 0 Å². The molecule has 1 amide bonds. The maximum Gasteiger partial charge on any atom is 0.433 e. The van der Waals surface area contributed by atoms with Gasteiger partial charge in [0.15, 0.2) is 0 Å². The summed E-state index contributed by atoms with van der Waals surface area (Å²) < 4.78 is 42.4. The number of carboxylic acid groups (broad SMARTS) is 1. The minimum atomic E-state index is -4.58. The number of pyridine rings is 1. The zero-order valence-electron chi connectivity index (χ0n) is 13.4. The summed E-state index contributed by atoms with van der Waals surface area (Å²) in [6.45, 7) is -0.0408. The molecule has 1 atom stereocenters. The van der Waals surface area contributed by atoms with Crippen molar-refractivity contribution in [3.8, 4) is 0 Å². The second kappa shape index (κ2) is 8.32. The number of nitrogens with one attached hydrogen (secondary N) is 1. The number of carboxylic acids is 1. The zero-order chi connectivity index (χ0) is 19.2. The van der Waals surface area contributed by atoms with Crippen molar-refractivity contribution in [2.24, 2.45) is 0 Å². The summed E-state index contributed by atoms with van der Waals surface area (Å²) in [6, 6.07) is 9.28. The van der Waals surface area contributed by atoms with E-state index < -0.39 is 30.0 Å². The number of ether oxygens (including phenoxy) is 1. The highest BCUT2D eigenvalue weighted by Gasteiger charge is 2.32. The van der Waals surface area contributed by atoms with Gasteiger partial charge in [-0.2, -0.15) is 13.2 Å². The second-order valence-electron chi connectivity index (χ2n) is 5.35. The maximum absolute atomic E-state index is 12.5. The van der Waals surface area contributed by atoms with E-state index in [1.165, 1.54) is 0 Å². The van der Waals surface area contributed by atoms with Crippen LogP contribution in [0.25, 0.3) is 0 Å². The van der Waals surface area contributed by atoms with E-state index in [0.717, 1.165) is 23.9 Å². The molecule has 0 saturated carbocycles. The predicted octanol–water partition coefficient (Wildman–Crippen LogP) is 3.02. The first-order chi connectivity index (χ1) is 12.3. The number of amides is 1. The van der Waals surface area contributed by atoms with Crippen LogP contribution in [0, 0.1) is 0 Å². The number of hydrogen-bond acceptors (Lipinski definition) is 4. The van der Waals surface area contributed by atoms with Gasteiger partial charge in [-0.15, -0.1) is 0 Å². The molecule has 0 aliphatic carbocycles. The number of rotatable bonds is 6. The topological polar surface area (TPSA) is 88.5 Å². The lowest BCUT2D eigenvalue weighted by Crippen LogP contribution is -2.42. The molecule has 1 aromatic heterocycles. The monoisotopic (exact) mass is 368 g/mol. The molecular formula is C17H15F3N2O4. The Bertz CT molecular complexity index is 749. The lowest BCUT2D eigenvalue weighted by Gasteiger charge is -2.15. The number of alkyl carbamates (subject to hydrolysis) is 1. The molecule has 2 rings (SSSR count). The molecule has 0 unspecified atom stereocenters. The maximum atomic E-state index is 12.5. The summed E-state index contributed by atoms with van der Waals surface area (Å²) in [5.41, 5.74) is -0.126. The molecule has 9 heteroatoms. The molecule has 0 aliphatic heterocycles. The third-order valence-electron chi connectivity index (χ3n) is 3.36. The Morgan fingerprint density at radius 1 is 1.12 bits per heavy atom. The third-order valence-corrected chi connectivity index (χ3v) is 3.36. The van der Waals surface area contributed by atoms with Gasteiger partial charge in [-0.1, -0.05) is 36.4 Å². The highest BCUT2D eigenvalue weighted by Crippen LogP contribution is 2.27. The Labute approximate surface area is 146 Å². The molecule has 138 valence electrons. The summed E-state index contributed by atoms with van der Waals surface area (Å²) in [4.78, 5) is 26.3. The van der Waals surface area contributed by atoms with E-state index in [4.69, 9.17) is 4.74 Å². The van der Waals surface area contributed by atoms with Crippen LogP contribution in [0.4, 0.5) is 18.0 Å². The Hall–Kier alpha value is -3.10.